The minimum atomic E-state index is 0.0336. The van der Waals surface area contributed by atoms with Gasteiger partial charge >= 0.3 is 0 Å². The Morgan fingerprint density at radius 3 is 2.48 bits per heavy atom. The number of hydrogen-bond acceptors (Lipinski definition) is 7. The number of piperazine rings is 1. The molecule has 1 aliphatic heterocycles. The van der Waals surface area contributed by atoms with E-state index in [0.29, 0.717) is 11.6 Å². The molecule has 4 aromatic rings. The van der Waals surface area contributed by atoms with Gasteiger partial charge in [-0.05, 0) is 43.4 Å². The first-order valence-electron chi connectivity index (χ1n) is 10.3. The molecule has 158 valence electrons. The molecule has 5 rings (SSSR count). The summed E-state index contributed by atoms with van der Waals surface area (Å²) in [5, 5.41) is 13.6. The second kappa shape index (κ2) is 7.88. The molecule has 0 unspecified atom stereocenters. The van der Waals surface area contributed by atoms with Gasteiger partial charge in [-0.2, -0.15) is 0 Å². The lowest BCUT2D eigenvalue weighted by atomic mass is 10.1. The molecule has 1 aliphatic rings. The Kier molecular flexibility index (Phi) is 4.91. The molecule has 0 atom stereocenters. The van der Waals surface area contributed by atoms with E-state index in [1.54, 1.807) is 6.33 Å². The monoisotopic (exact) mass is 415 g/mol. The van der Waals surface area contributed by atoms with Crippen molar-refractivity contribution < 1.29 is 5.11 Å². The molecule has 1 saturated heterocycles. The van der Waals surface area contributed by atoms with Crippen molar-refractivity contribution in [1.29, 1.82) is 0 Å². The van der Waals surface area contributed by atoms with Crippen molar-refractivity contribution >= 4 is 28.4 Å². The highest BCUT2D eigenvalue weighted by Crippen LogP contribution is 2.30. The Hall–Kier alpha value is -3.65. The van der Waals surface area contributed by atoms with Crippen LogP contribution in [-0.4, -0.2) is 62.8 Å². The maximum atomic E-state index is 10.3. The van der Waals surface area contributed by atoms with E-state index >= 15 is 0 Å². The van der Waals surface area contributed by atoms with Crippen molar-refractivity contribution in [1.82, 2.24) is 24.4 Å². The van der Waals surface area contributed by atoms with Crippen LogP contribution in [0.1, 0.15) is 0 Å². The predicted octanol–water partition coefficient (Wildman–Crippen LogP) is 3.23. The SMILES string of the molecule is CN1CCN(c2ccc(Nc3ncc(O)c(-c4ccc5c(c4)ncn5C)n3)cc2)CC1. The highest BCUT2D eigenvalue weighted by Gasteiger charge is 2.15. The summed E-state index contributed by atoms with van der Waals surface area (Å²) in [6.07, 6.45) is 3.19. The lowest BCUT2D eigenvalue weighted by Gasteiger charge is -2.34. The second-order valence-corrected chi connectivity index (χ2v) is 7.95. The zero-order chi connectivity index (χ0) is 21.4. The average Bonchev–Trinajstić information content (AvgIpc) is 3.16. The fraction of sp³-hybridized carbons (Fsp3) is 0.261. The molecule has 2 aromatic carbocycles. The fourth-order valence-electron chi connectivity index (χ4n) is 3.88. The number of imidazole rings is 1. The molecule has 0 bridgehead atoms. The molecule has 0 spiro atoms. The van der Waals surface area contributed by atoms with Crippen LogP contribution >= 0.6 is 0 Å². The van der Waals surface area contributed by atoms with Gasteiger partial charge in [-0.15, -0.1) is 0 Å². The molecule has 3 heterocycles. The Morgan fingerprint density at radius 1 is 0.935 bits per heavy atom. The van der Waals surface area contributed by atoms with Gasteiger partial charge in [0.1, 0.15) is 5.69 Å². The average molecular weight is 416 g/mol. The number of benzene rings is 2. The number of nitrogens with zero attached hydrogens (tertiary/aromatic N) is 6. The molecule has 31 heavy (non-hydrogen) atoms. The van der Waals surface area contributed by atoms with Gasteiger partial charge in [-0.25, -0.2) is 15.0 Å². The number of likely N-dealkylation sites (N-methyl/N-ethyl adjacent to an activating group) is 1. The van der Waals surface area contributed by atoms with Crippen LogP contribution in [0.4, 0.5) is 17.3 Å². The summed E-state index contributed by atoms with van der Waals surface area (Å²) in [4.78, 5) is 17.9. The van der Waals surface area contributed by atoms with Gasteiger partial charge in [0, 0.05) is 50.2 Å². The van der Waals surface area contributed by atoms with E-state index in [0.717, 1.165) is 48.5 Å². The maximum Gasteiger partial charge on any atom is 0.227 e. The Morgan fingerprint density at radius 2 is 1.71 bits per heavy atom. The van der Waals surface area contributed by atoms with E-state index in [-0.39, 0.29) is 5.75 Å². The smallest absolute Gasteiger partial charge is 0.227 e. The third-order valence-electron chi connectivity index (χ3n) is 5.76. The number of aromatic hydroxyl groups is 1. The van der Waals surface area contributed by atoms with Crippen molar-refractivity contribution in [2.45, 2.75) is 0 Å². The molecule has 1 fully saturated rings. The summed E-state index contributed by atoms with van der Waals surface area (Å²) in [5.41, 5.74) is 5.26. The van der Waals surface area contributed by atoms with E-state index in [4.69, 9.17) is 0 Å². The molecule has 0 saturated carbocycles. The number of hydrogen-bond donors (Lipinski definition) is 2. The van der Waals surface area contributed by atoms with E-state index in [2.05, 4.69) is 49.2 Å². The molecular formula is C23H25N7O. The van der Waals surface area contributed by atoms with Gasteiger partial charge in [0.25, 0.3) is 0 Å². The van der Waals surface area contributed by atoms with E-state index in [9.17, 15) is 5.11 Å². The van der Waals surface area contributed by atoms with Gasteiger partial charge in [0.2, 0.25) is 5.95 Å². The van der Waals surface area contributed by atoms with E-state index in [1.807, 2.05) is 41.9 Å². The lowest BCUT2D eigenvalue weighted by Crippen LogP contribution is -2.44. The number of anilines is 3. The summed E-state index contributed by atoms with van der Waals surface area (Å²) in [7, 11) is 4.11. The molecular weight excluding hydrogens is 390 g/mol. The highest BCUT2D eigenvalue weighted by molar-refractivity contribution is 5.82. The maximum absolute atomic E-state index is 10.3. The first-order valence-corrected chi connectivity index (χ1v) is 10.3. The molecule has 8 nitrogen and oxygen atoms in total. The van der Waals surface area contributed by atoms with Crippen LogP contribution in [0, 0.1) is 0 Å². The highest BCUT2D eigenvalue weighted by atomic mass is 16.3. The number of fused-ring (bicyclic) bond motifs is 1. The van der Waals surface area contributed by atoms with Gasteiger partial charge < -0.3 is 24.8 Å². The number of rotatable bonds is 4. The van der Waals surface area contributed by atoms with Crippen LogP contribution in [0.3, 0.4) is 0 Å². The van der Waals surface area contributed by atoms with Gasteiger partial charge in [0.15, 0.2) is 5.75 Å². The van der Waals surface area contributed by atoms with Gasteiger partial charge in [0.05, 0.1) is 23.6 Å². The van der Waals surface area contributed by atoms with Crippen molar-refractivity contribution in [3.8, 4) is 17.0 Å². The van der Waals surface area contributed by atoms with Crippen LogP contribution in [0.2, 0.25) is 0 Å². The first-order chi connectivity index (χ1) is 15.1. The summed E-state index contributed by atoms with van der Waals surface area (Å²) in [5.74, 6) is 0.465. The standard InChI is InChI=1S/C23H25N7O/c1-28-9-11-30(12-10-28)18-6-4-17(5-7-18)26-23-24-14-21(31)22(27-23)16-3-8-20-19(13-16)25-15-29(20)2/h3-8,13-15,31H,9-12H2,1-2H3,(H,24,26,27). The topological polar surface area (TPSA) is 82.3 Å². The van der Waals surface area contributed by atoms with Gasteiger partial charge in [-0.1, -0.05) is 6.07 Å². The second-order valence-electron chi connectivity index (χ2n) is 7.95. The van der Waals surface area contributed by atoms with Crippen LogP contribution < -0.4 is 10.2 Å². The zero-order valence-corrected chi connectivity index (χ0v) is 17.7. The van der Waals surface area contributed by atoms with Crippen LogP contribution in [-0.2, 0) is 7.05 Å². The lowest BCUT2D eigenvalue weighted by molar-refractivity contribution is 0.313. The van der Waals surface area contributed by atoms with E-state index in [1.165, 1.54) is 11.9 Å². The van der Waals surface area contributed by atoms with Crippen LogP contribution in [0.15, 0.2) is 55.0 Å². The molecule has 0 radical (unpaired) electrons. The number of aromatic nitrogens is 4. The number of aryl methyl sites for hydroxylation is 1. The summed E-state index contributed by atoms with van der Waals surface area (Å²) in [6.45, 7) is 4.23. The summed E-state index contributed by atoms with van der Waals surface area (Å²) >= 11 is 0. The minimum absolute atomic E-state index is 0.0336. The summed E-state index contributed by atoms with van der Waals surface area (Å²) < 4.78 is 1.96. The molecule has 0 aliphatic carbocycles. The van der Waals surface area contributed by atoms with Gasteiger partial charge in [-0.3, -0.25) is 0 Å². The minimum Gasteiger partial charge on any atom is -0.504 e. The first kappa shape index (κ1) is 19.3. The molecule has 8 heteroatoms. The van der Waals surface area contributed by atoms with Crippen LogP contribution in [0.5, 0.6) is 5.75 Å². The van der Waals surface area contributed by atoms with Crippen molar-refractivity contribution in [2.75, 3.05) is 43.4 Å². The summed E-state index contributed by atoms with van der Waals surface area (Å²) in [6, 6.07) is 14.1. The van der Waals surface area contributed by atoms with Crippen molar-refractivity contribution in [2.24, 2.45) is 7.05 Å². The van der Waals surface area contributed by atoms with Crippen molar-refractivity contribution in [3.63, 3.8) is 0 Å². The zero-order valence-electron chi connectivity index (χ0n) is 17.7. The predicted molar refractivity (Wildman–Crippen MR) is 123 cm³/mol. The molecule has 2 aromatic heterocycles. The Bertz CT molecular complexity index is 1210. The number of nitrogens with one attached hydrogen (secondary N) is 1. The molecule has 2 N–H and O–H groups in total. The third-order valence-corrected chi connectivity index (χ3v) is 5.76. The van der Waals surface area contributed by atoms with Crippen LogP contribution in [0.25, 0.3) is 22.3 Å². The van der Waals surface area contributed by atoms with Crippen molar-refractivity contribution in [3.05, 3.63) is 55.0 Å². The fourth-order valence-corrected chi connectivity index (χ4v) is 3.88. The van der Waals surface area contributed by atoms with E-state index < -0.39 is 0 Å². The molecule has 0 amide bonds. The largest absolute Gasteiger partial charge is 0.504 e. The Balaban J connectivity index is 1.36. The Labute approximate surface area is 180 Å². The quantitative estimate of drug-likeness (QED) is 0.529. The third kappa shape index (κ3) is 3.89. The normalized spacial score (nSPS) is 14.8.